The third kappa shape index (κ3) is 3.63. The molecule has 25 heavy (non-hydrogen) atoms. The molecular formula is C21H19NO3. The van der Waals surface area contributed by atoms with Gasteiger partial charge in [0, 0.05) is 11.6 Å². The lowest BCUT2D eigenvalue weighted by atomic mass is 9.99. The molecule has 3 aromatic rings. The predicted octanol–water partition coefficient (Wildman–Crippen LogP) is 4.62. The van der Waals surface area contributed by atoms with Crippen molar-refractivity contribution in [3.63, 3.8) is 0 Å². The van der Waals surface area contributed by atoms with Gasteiger partial charge in [-0.3, -0.25) is 4.79 Å². The number of hydrogen-bond acceptors (Lipinski definition) is 3. The molecule has 0 aliphatic rings. The van der Waals surface area contributed by atoms with E-state index >= 15 is 0 Å². The third-order valence-corrected chi connectivity index (χ3v) is 3.91. The zero-order valence-electron chi connectivity index (χ0n) is 14.2. The van der Waals surface area contributed by atoms with E-state index in [0.29, 0.717) is 22.7 Å². The number of amides is 1. The average molecular weight is 333 g/mol. The van der Waals surface area contributed by atoms with E-state index in [4.69, 9.17) is 9.47 Å². The lowest BCUT2D eigenvalue weighted by molar-refractivity contribution is 0.102. The number of anilines is 1. The highest BCUT2D eigenvalue weighted by atomic mass is 16.5. The van der Waals surface area contributed by atoms with Crippen molar-refractivity contribution in [2.45, 2.75) is 0 Å². The van der Waals surface area contributed by atoms with Crippen LogP contribution in [0.2, 0.25) is 0 Å². The molecule has 0 fully saturated rings. The summed E-state index contributed by atoms with van der Waals surface area (Å²) >= 11 is 0. The zero-order chi connectivity index (χ0) is 17.6. The molecule has 0 bridgehead atoms. The molecule has 4 nitrogen and oxygen atoms in total. The maximum absolute atomic E-state index is 12.8. The topological polar surface area (TPSA) is 47.6 Å². The Morgan fingerprint density at radius 2 is 1.56 bits per heavy atom. The third-order valence-electron chi connectivity index (χ3n) is 3.91. The summed E-state index contributed by atoms with van der Waals surface area (Å²) in [4.78, 5) is 12.8. The van der Waals surface area contributed by atoms with Gasteiger partial charge in [-0.2, -0.15) is 0 Å². The largest absolute Gasteiger partial charge is 0.497 e. The van der Waals surface area contributed by atoms with Gasteiger partial charge in [-0.1, -0.05) is 48.5 Å². The highest BCUT2D eigenvalue weighted by molar-refractivity contribution is 6.09. The van der Waals surface area contributed by atoms with Gasteiger partial charge in [-0.15, -0.1) is 0 Å². The Balaban J connectivity index is 1.93. The quantitative estimate of drug-likeness (QED) is 0.741. The highest BCUT2D eigenvalue weighted by Gasteiger charge is 2.14. The first-order valence-corrected chi connectivity index (χ1v) is 7.90. The van der Waals surface area contributed by atoms with Crippen molar-refractivity contribution in [3.8, 4) is 22.6 Å². The van der Waals surface area contributed by atoms with Crippen LogP contribution in [0.15, 0.2) is 72.8 Å². The number of ether oxygens (including phenoxy) is 2. The second-order valence-electron chi connectivity index (χ2n) is 5.43. The second kappa shape index (κ2) is 7.53. The SMILES string of the molecule is COc1ccc(NC(=O)c2ccccc2-c2ccccc2)c(OC)c1. The normalized spacial score (nSPS) is 10.2. The summed E-state index contributed by atoms with van der Waals surface area (Å²) in [5.74, 6) is 1.02. The minimum atomic E-state index is -0.192. The summed E-state index contributed by atoms with van der Waals surface area (Å²) < 4.78 is 10.5. The van der Waals surface area contributed by atoms with Crippen molar-refractivity contribution in [1.82, 2.24) is 0 Å². The molecule has 0 radical (unpaired) electrons. The van der Waals surface area contributed by atoms with Crippen LogP contribution in [0.4, 0.5) is 5.69 Å². The lowest BCUT2D eigenvalue weighted by Gasteiger charge is -2.13. The summed E-state index contributed by atoms with van der Waals surface area (Å²) in [6, 6.07) is 22.6. The Morgan fingerprint density at radius 1 is 0.840 bits per heavy atom. The highest BCUT2D eigenvalue weighted by Crippen LogP contribution is 2.30. The van der Waals surface area contributed by atoms with Crippen LogP contribution >= 0.6 is 0 Å². The molecule has 0 unspecified atom stereocenters. The monoisotopic (exact) mass is 333 g/mol. The molecule has 0 aliphatic carbocycles. The molecule has 3 aromatic carbocycles. The Hall–Kier alpha value is -3.27. The first-order valence-electron chi connectivity index (χ1n) is 7.90. The fourth-order valence-corrected chi connectivity index (χ4v) is 2.64. The molecule has 0 atom stereocenters. The van der Waals surface area contributed by atoms with Gasteiger partial charge in [0.2, 0.25) is 0 Å². The molecule has 126 valence electrons. The van der Waals surface area contributed by atoms with Crippen LogP contribution in [0.25, 0.3) is 11.1 Å². The maximum atomic E-state index is 12.8. The molecule has 0 aromatic heterocycles. The van der Waals surface area contributed by atoms with E-state index < -0.39 is 0 Å². The smallest absolute Gasteiger partial charge is 0.256 e. The van der Waals surface area contributed by atoms with E-state index in [0.717, 1.165) is 11.1 Å². The Bertz CT molecular complexity index is 875. The number of nitrogens with one attached hydrogen (secondary N) is 1. The zero-order valence-corrected chi connectivity index (χ0v) is 14.2. The van der Waals surface area contributed by atoms with Crippen molar-refractivity contribution in [1.29, 1.82) is 0 Å². The minimum absolute atomic E-state index is 0.192. The number of rotatable bonds is 5. The van der Waals surface area contributed by atoms with Gasteiger partial charge in [-0.05, 0) is 29.3 Å². The summed E-state index contributed by atoms with van der Waals surface area (Å²) in [6.07, 6.45) is 0. The van der Waals surface area contributed by atoms with Crippen molar-refractivity contribution >= 4 is 11.6 Å². The Morgan fingerprint density at radius 3 is 2.28 bits per heavy atom. The molecule has 3 rings (SSSR count). The maximum Gasteiger partial charge on any atom is 0.256 e. The van der Waals surface area contributed by atoms with Gasteiger partial charge >= 0.3 is 0 Å². The Labute approximate surface area is 147 Å². The van der Waals surface area contributed by atoms with Crippen LogP contribution in [0.3, 0.4) is 0 Å². The van der Waals surface area contributed by atoms with Crippen LogP contribution in [0, 0.1) is 0 Å². The predicted molar refractivity (Wildman–Crippen MR) is 99.4 cm³/mol. The van der Waals surface area contributed by atoms with E-state index in [1.807, 2.05) is 54.6 Å². The molecule has 0 heterocycles. The van der Waals surface area contributed by atoms with E-state index in [1.165, 1.54) is 0 Å². The molecular weight excluding hydrogens is 314 g/mol. The molecule has 4 heteroatoms. The van der Waals surface area contributed by atoms with E-state index in [2.05, 4.69) is 5.32 Å². The van der Waals surface area contributed by atoms with E-state index in [-0.39, 0.29) is 5.91 Å². The number of methoxy groups -OCH3 is 2. The van der Waals surface area contributed by atoms with Gasteiger partial charge < -0.3 is 14.8 Å². The fourth-order valence-electron chi connectivity index (χ4n) is 2.64. The van der Waals surface area contributed by atoms with E-state index in [9.17, 15) is 4.79 Å². The van der Waals surface area contributed by atoms with Gasteiger partial charge in [0.15, 0.2) is 0 Å². The number of carbonyl (C=O) groups excluding carboxylic acids is 1. The van der Waals surface area contributed by atoms with Gasteiger partial charge in [0.05, 0.1) is 19.9 Å². The number of hydrogen-bond donors (Lipinski definition) is 1. The summed E-state index contributed by atoms with van der Waals surface area (Å²) in [7, 11) is 3.14. The minimum Gasteiger partial charge on any atom is -0.497 e. The van der Waals surface area contributed by atoms with Gasteiger partial charge in [-0.25, -0.2) is 0 Å². The Kier molecular flexibility index (Phi) is 5.00. The summed E-state index contributed by atoms with van der Waals surface area (Å²) in [5.41, 5.74) is 3.07. The van der Waals surface area contributed by atoms with Gasteiger partial charge in [0.25, 0.3) is 5.91 Å². The average Bonchev–Trinajstić information content (AvgIpc) is 2.69. The fraction of sp³-hybridized carbons (Fsp3) is 0.0952. The van der Waals surface area contributed by atoms with E-state index in [1.54, 1.807) is 32.4 Å². The summed E-state index contributed by atoms with van der Waals surface area (Å²) in [5, 5.41) is 2.92. The molecule has 1 amide bonds. The van der Waals surface area contributed by atoms with Crippen LogP contribution < -0.4 is 14.8 Å². The van der Waals surface area contributed by atoms with Crippen LogP contribution in [0.1, 0.15) is 10.4 Å². The van der Waals surface area contributed by atoms with Crippen LogP contribution in [0.5, 0.6) is 11.5 Å². The molecule has 1 N–H and O–H groups in total. The van der Waals surface area contributed by atoms with Crippen molar-refractivity contribution in [3.05, 3.63) is 78.4 Å². The first-order chi connectivity index (χ1) is 12.2. The number of carbonyl (C=O) groups is 1. The van der Waals surface area contributed by atoms with Crippen molar-refractivity contribution < 1.29 is 14.3 Å². The molecule has 0 spiro atoms. The molecule has 0 saturated carbocycles. The molecule has 0 aliphatic heterocycles. The van der Waals surface area contributed by atoms with Crippen molar-refractivity contribution in [2.75, 3.05) is 19.5 Å². The van der Waals surface area contributed by atoms with Crippen LogP contribution in [-0.2, 0) is 0 Å². The second-order valence-corrected chi connectivity index (χ2v) is 5.43. The standard InChI is InChI=1S/C21H19NO3/c1-24-16-12-13-19(20(14-16)25-2)22-21(23)18-11-7-6-10-17(18)15-8-4-3-5-9-15/h3-14H,1-2H3,(H,22,23). The van der Waals surface area contributed by atoms with Crippen molar-refractivity contribution in [2.24, 2.45) is 0 Å². The van der Waals surface area contributed by atoms with Crippen LogP contribution in [-0.4, -0.2) is 20.1 Å². The van der Waals surface area contributed by atoms with Gasteiger partial charge in [0.1, 0.15) is 11.5 Å². The lowest BCUT2D eigenvalue weighted by Crippen LogP contribution is -2.13. The summed E-state index contributed by atoms with van der Waals surface area (Å²) in [6.45, 7) is 0. The number of benzene rings is 3. The molecule has 0 saturated heterocycles. The first kappa shape index (κ1) is 16.6.